The molecule has 0 unspecified atom stereocenters. The Hall–Kier alpha value is -2.40. The predicted molar refractivity (Wildman–Crippen MR) is 167 cm³/mol. The number of fused-ring (bicyclic) bond motifs is 5. The highest BCUT2D eigenvalue weighted by molar-refractivity contribution is 6.60. The molecule has 0 bridgehead atoms. The zero-order valence-electron chi connectivity index (χ0n) is 26.1. The summed E-state index contributed by atoms with van der Waals surface area (Å²) in [6, 6.07) is 12.8. The molecule has 0 aromatic heterocycles. The first-order valence-corrected chi connectivity index (χ1v) is 17.6. The first-order valence-electron chi connectivity index (χ1n) is 15.7. The molecule has 0 N–H and O–H groups in total. The number of rotatable bonds is 15. The fourth-order valence-corrected chi connectivity index (χ4v) is 8.30. The Morgan fingerprint density at radius 3 is 1.73 bits per heavy atom. The van der Waals surface area contributed by atoms with Gasteiger partial charge in [-0.1, -0.05) is 100 Å². The van der Waals surface area contributed by atoms with Crippen molar-refractivity contribution in [2.24, 2.45) is 0 Å². The number of allylic oxidation sites excluding steroid dienone is 1. The van der Waals surface area contributed by atoms with Crippen LogP contribution in [0.4, 0.5) is 26.3 Å². The minimum Gasteiger partial charge on any atom is -0.374 e. The van der Waals surface area contributed by atoms with Crippen LogP contribution in [0.5, 0.6) is 0 Å². The lowest BCUT2D eigenvalue weighted by molar-refractivity contribution is -0.204. The van der Waals surface area contributed by atoms with Crippen LogP contribution in [0.2, 0.25) is 6.04 Å². The summed E-state index contributed by atoms with van der Waals surface area (Å²) >= 11 is 0. The van der Waals surface area contributed by atoms with E-state index in [4.69, 9.17) is 13.3 Å². The fraction of sp³-hybridized carbons (Fsp3) is 0.529. The number of halogens is 6. The van der Waals surface area contributed by atoms with Crippen molar-refractivity contribution in [2.75, 3.05) is 19.8 Å². The van der Waals surface area contributed by atoms with Crippen LogP contribution >= 0.6 is 0 Å². The van der Waals surface area contributed by atoms with Gasteiger partial charge in [-0.3, -0.25) is 0 Å². The van der Waals surface area contributed by atoms with Crippen LogP contribution in [0.15, 0.2) is 54.4 Å². The monoisotopic (exact) mass is 642 g/mol. The molecule has 0 saturated carbocycles. The van der Waals surface area contributed by atoms with Crippen LogP contribution in [-0.4, -0.2) is 34.5 Å². The van der Waals surface area contributed by atoms with Crippen LogP contribution in [0, 0.1) is 0 Å². The van der Waals surface area contributed by atoms with Crippen LogP contribution < -0.4 is 0 Å². The predicted octanol–water partition coefficient (Wildman–Crippen LogP) is 11.5. The van der Waals surface area contributed by atoms with Gasteiger partial charge < -0.3 is 13.3 Å². The summed E-state index contributed by atoms with van der Waals surface area (Å²) < 4.78 is 101. The quantitative estimate of drug-likeness (QED) is 0.0714. The van der Waals surface area contributed by atoms with Crippen LogP contribution in [0.1, 0.15) is 90.2 Å². The van der Waals surface area contributed by atoms with Crippen molar-refractivity contribution in [3.63, 3.8) is 0 Å². The highest BCUT2D eigenvalue weighted by Gasteiger charge is 2.65. The number of hydrogen-bond acceptors (Lipinski definition) is 3. The molecule has 1 aliphatic carbocycles. The van der Waals surface area contributed by atoms with Crippen molar-refractivity contribution in [1.82, 2.24) is 0 Å². The molecule has 1 aliphatic rings. The summed E-state index contributed by atoms with van der Waals surface area (Å²) in [7, 11) is -2.38. The largest absolute Gasteiger partial charge is 0.500 e. The van der Waals surface area contributed by atoms with Gasteiger partial charge in [0.15, 0.2) is 5.83 Å². The number of hydrogen-bond donors (Lipinski definition) is 0. The SMILES string of the molecule is CCCCCCCCCC[Si](OCC)(OCC)OCC.FC1=C(F)C(F)(F)C(F)(F)c2ccc3c(ccc4ccccc43)c21. The third kappa shape index (κ3) is 7.87. The molecule has 3 nitrogen and oxygen atoms in total. The molecule has 44 heavy (non-hydrogen) atoms. The molecular weight excluding hydrogens is 598 g/mol. The third-order valence-corrected chi connectivity index (χ3v) is 10.9. The van der Waals surface area contributed by atoms with Gasteiger partial charge in [0.1, 0.15) is 0 Å². The molecular formula is C34H44F6O3Si. The Labute approximate surface area is 257 Å². The lowest BCUT2D eigenvalue weighted by atomic mass is 9.85. The maximum Gasteiger partial charge on any atom is 0.500 e. The number of alkyl halides is 4. The zero-order valence-corrected chi connectivity index (χ0v) is 27.1. The number of benzene rings is 3. The molecule has 0 saturated heterocycles. The zero-order chi connectivity index (χ0) is 32.4. The van der Waals surface area contributed by atoms with E-state index >= 15 is 0 Å². The van der Waals surface area contributed by atoms with E-state index in [2.05, 4.69) is 6.92 Å². The van der Waals surface area contributed by atoms with Crippen molar-refractivity contribution in [1.29, 1.82) is 0 Å². The fourth-order valence-electron chi connectivity index (χ4n) is 5.62. The lowest BCUT2D eigenvalue weighted by Gasteiger charge is -2.31. The summed E-state index contributed by atoms with van der Waals surface area (Å²) in [5, 5.41) is 1.75. The molecule has 0 fully saturated rings. The summed E-state index contributed by atoms with van der Waals surface area (Å²) in [4.78, 5) is 0. The van der Waals surface area contributed by atoms with E-state index in [0.29, 0.717) is 30.6 Å². The molecule has 3 aromatic rings. The molecule has 0 radical (unpaired) electrons. The third-order valence-electron chi connectivity index (χ3n) is 7.78. The Balaban J connectivity index is 0.000000246. The van der Waals surface area contributed by atoms with E-state index in [9.17, 15) is 26.3 Å². The van der Waals surface area contributed by atoms with Gasteiger partial charge in [-0.25, -0.2) is 8.78 Å². The van der Waals surface area contributed by atoms with E-state index in [1.54, 1.807) is 30.3 Å². The number of unbranched alkanes of at least 4 members (excludes halogenated alkanes) is 7. The van der Waals surface area contributed by atoms with E-state index in [0.717, 1.165) is 17.5 Å². The van der Waals surface area contributed by atoms with E-state index < -0.39 is 43.4 Å². The summed E-state index contributed by atoms with van der Waals surface area (Å²) in [6.07, 6.45) is 10.6. The van der Waals surface area contributed by atoms with Crippen LogP contribution in [-0.2, 0) is 19.2 Å². The van der Waals surface area contributed by atoms with E-state index in [-0.39, 0.29) is 5.39 Å². The molecule has 0 spiro atoms. The summed E-state index contributed by atoms with van der Waals surface area (Å²) in [5.41, 5.74) is -2.03. The molecule has 0 amide bonds. The maximum absolute atomic E-state index is 14.2. The minimum atomic E-state index is -5.21. The van der Waals surface area contributed by atoms with Gasteiger partial charge in [-0.2, -0.15) is 17.6 Å². The molecule has 244 valence electrons. The molecule has 10 heteroatoms. The standard InChI is InChI=1S/C18H8F6.C16H36O3Si/c19-15-14-12-6-5-9-3-1-2-4-10(9)11(12)7-8-13(14)17(21,22)18(23,24)16(15)20;1-5-9-10-11-12-13-14-15-16-20(17-6-2,18-7-3)19-8-4/h1-8H;5-16H2,1-4H3. The van der Waals surface area contributed by atoms with Gasteiger partial charge in [0.05, 0.1) is 0 Å². The average Bonchev–Trinajstić information content (AvgIpc) is 3.01. The first-order chi connectivity index (χ1) is 21.0. The highest BCUT2D eigenvalue weighted by Crippen LogP contribution is 2.56. The second-order valence-electron chi connectivity index (χ2n) is 10.9. The smallest absolute Gasteiger partial charge is 0.374 e. The second-order valence-corrected chi connectivity index (χ2v) is 13.6. The van der Waals surface area contributed by atoms with Crippen molar-refractivity contribution in [2.45, 2.75) is 97.0 Å². The Bertz CT molecular complexity index is 1380. The normalized spacial score (nSPS) is 15.8. The molecule has 0 aliphatic heterocycles. The van der Waals surface area contributed by atoms with Crippen molar-refractivity contribution in [3.8, 4) is 0 Å². The van der Waals surface area contributed by atoms with E-state index in [1.165, 1.54) is 63.5 Å². The Morgan fingerprint density at radius 1 is 0.591 bits per heavy atom. The topological polar surface area (TPSA) is 27.7 Å². The van der Waals surface area contributed by atoms with Gasteiger partial charge in [0.25, 0.3) is 0 Å². The molecule has 3 aromatic carbocycles. The highest BCUT2D eigenvalue weighted by atomic mass is 28.4. The van der Waals surface area contributed by atoms with E-state index in [1.807, 2.05) is 20.8 Å². The minimum absolute atomic E-state index is 0.0333. The van der Waals surface area contributed by atoms with Gasteiger partial charge >= 0.3 is 20.6 Å². The van der Waals surface area contributed by atoms with Gasteiger partial charge in [-0.15, -0.1) is 0 Å². The van der Waals surface area contributed by atoms with Gasteiger partial charge in [0, 0.05) is 37.0 Å². The van der Waals surface area contributed by atoms with Gasteiger partial charge in [-0.05, 0) is 48.7 Å². The second kappa shape index (κ2) is 16.2. The Morgan fingerprint density at radius 2 is 1.14 bits per heavy atom. The maximum atomic E-state index is 14.2. The summed E-state index contributed by atoms with van der Waals surface area (Å²) in [5.74, 6) is -14.7. The van der Waals surface area contributed by atoms with Crippen LogP contribution in [0.3, 0.4) is 0 Å². The Kier molecular flexibility index (Phi) is 13.3. The van der Waals surface area contributed by atoms with Crippen molar-refractivity contribution in [3.05, 3.63) is 65.5 Å². The summed E-state index contributed by atoms with van der Waals surface area (Å²) in [6.45, 7) is 10.4. The van der Waals surface area contributed by atoms with Crippen molar-refractivity contribution >= 4 is 36.2 Å². The molecule has 4 rings (SSSR count). The first kappa shape index (κ1) is 36.1. The molecule has 0 atom stereocenters. The average molecular weight is 643 g/mol. The molecule has 0 heterocycles. The van der Waals surface area contributed by atoms with Crippen LogP contribution in [0.25, 0.3) is 27.4 Å². The van der Waals surface area contributed by atoms with Gasteiger partial charge in [0.2, 0.25) is 5.83 Å². The van der Waals surface area contributed by atoms with Crippen molar-refractivity contribution < 1.29 is 39.6 Å². The lowest BCUT2D eigenvalue weighted by Crippen LogP contribution is -2.45.